The summed E-state index contributed by atoms with van der Waals surface area (Å²) in [5, 5.41) is 1.21. The van der Waals surface area contributed by atoms with Crippen molar-refractivity contribution in [1.29, 1.82) is 0 Å². The molecule has 2 aliphatic rings. The van der Waals surface area contributed by atoms with Crippen LogP contribution in [0.3, 0.4) is 0 Å². The molecule has 21 heavy (non-hydrogen) atoms. The first-order valence-corrected chi connectivity index (χ1v) is 8.05. The summed E-state index contributed by atoms with van der Waals surface area (Å²) in [5.74, 6) is 0. The lowest BCUT2D eigenvalue weighted by molar-refractivity contribution is -0.0218. The zero-order chi connectivity index (χ0) is 14.1. The fourth-order valence-electron chi connectivity index (χ4n) is 3.82. The van der Waals surface area contributed by atoms with Gasteiger partial charge in [-0.1, -0.05) is 0 Å². The highest BCUT2D eigenvalue weighted by molar-refractivity contribution is 5.75. The van der Waals surface area contributed by atoms with E-state index in [1.807, 2.05) is 12.4 Å². The molecule has 0 radical (unpaired) electrons. The topological polar surface area (TPSA) is 41.1 Å². The molecule has 2 aliphatic heterocycles. The summed E-state index contributed by atoms with van der Waals surface area (Å²) >= 11 is 0. The summed E-state index contributed by atoms with van der Waals surface area (Å²) in [6.07, 6.45) is 9.15. The van der Waals surface area contributed by atoms with Crippen LogP contribution in [0.25, 0.3) is 11.0 Å². The molecule has 0 saturated carbocycles. The van der Waals surface area contributed by atoms with Crippen LogP contribution in [-0.2, 0) is 11.3 Å². The van der Waals surface area contributed by atoms with Gasteiger partial charge < -0.3 is 9.72 Å². The molecule has 4 nitrogen and oxygen atoms in total. The number of nitrogens with zero attached hydrogens (tertiary/aromatic N) is 2. The van der Waals surface area contributed by atoms with Crippen LogP contribution < -0.4 is 0 Å². The van der Waals surface area contributed by atoms with Gasteiger partial charge in [0, 0.05) is 37.5 Å². The number of aromatic amines is 1. The van der Waals surface area contributed by atoms with Gasteiger partial charge in [0.15, 0.2) is 0 Å². The lowest BCUT2D eigenvalue weighted by Gasteiger charge is -2.44. The Kier molecular flexibility index (Phi) is 3.43. The molecular weight excluding hydrogens is 262 g/mol. The van der Waals surface area contributed by atoms with E-state index in [0.29, 0.717) is 5.41 Å². The zero-order valence-corrected chi connectivity index (χ0v) is 12.5. The fraction of sp³-hybridized carbons (Fsp3) is 0.588. The van der Waals surface area contributed by atoms with Crippen LogP contribution in [0, 0.1) is 5.41 Å². The van der Waals surface area contributed by atoms with Crippen molar-refractivity contribution in [2.24, 2.45) is 5.41 Å². The summed E-state index contributed by atoms with van der Waals surface area (Å²) in [5.41, 5.74) is 2.89. The van der Waals surface area contributed by atoms with Gasteiger partial charge in [-0.05, 0) is 61.9 Å². The van der Waals surface area contributed by atoms with Crippen molar-refractivity contribution in [3.05, 3.63) is 30.1 Å². The molecule has 0 amide bonds. The number of fused-ring (bicyclic) bond motifs is 1. The minimum atomic E-state index is 0.581. The van der Waals surface area contributed by atoms with Gasteiger partial charge in [-0.15, -0.1) is 0 Å². The van der Waals surface area contributed by atoms with Gasteiger partial charge in [-0.25, -0.2) is 4.98 Å². The van der Waals surface area contributed by atoms with Crippen LogP contribution in [0.4, 0.5) is 0 Å². The highest BCUT2D eigenvalue weighted by Crippen LogP contribution is 2.40. The van der Waals surface area contributed by atoms with Crippen molar-refractivity contribution in [3.8, 4) is 0 Å². The second-order valence-electron chi connectivity index (χ2n) is 6.65. The summed E-state index contributed by atoms with van der Waals surface area (Å²) in [4.78, 5) is 10.2. The van der Waals surface area contributed by atoms with Gasteiger partial charge in [0.05, 0.1) is 0 Å². The Morgan fingerprint density at radius 1 is 1.19 bits per heavy atom. The molecular formula is C17H23N3O. The number of H-pyrrole nitrogens is 1. The molecule has 112 valence electrons. The van der Waals surface area contributed by atoms with Gasteiger partial charge >= 0.3 is 0 Å². The van der Waals surface area contributed by atoms with Gasteiger partial charge in [0.2, 0.25) is 0 Å². The first-order valence-electron chi connectivity index (χ1n) is 8.05. The van der Waals surface area contributed by atoms with Crippen LogP contribution in [0.5, 0.6) is 0 Å². The highest BCUT2D eigenvalue weighted by atomic mass is 16.5. The number of ether oxygens (including phenoxy) is 1. The van der Waals surface area contributed by atoms with E-state index in [0.717, 1.165) is 25.4 Å². The van der Waals surface area contributed by atoms with E-state index >= 15 is 0 Å². The number of hydrogen-bond donors (Lipinski definition) is 1. The molecule has 0 unspecified atom stereocenters. The molecule has 1 N–H and O–H groups in total. The Morgan fingerprint density at radius 3 is 2.81 bits per heavy atom. The second-order valence-corrected chi connectivity index (χ2v) is 6.65. The monoisotopic (exact) mass is 285 g/mol. The molecule has 0 aliphatic carbocycles. The summed E-state index contributed by atoms with van der Waals surface area (Å²) in [7, 11) is 0. The van der Waals surface area contributed by atoms with E-state index in [1.165, 1.54) is 49.7 Å². The summed E-state index contributed by atoms with van der Waals surface area (Å²) in [6.45, 7) is 5.39. The third kappa shape index (κ3) is 2.70. The van der Waals surface area contributed by atoms with E-state index < -0.39 is 0 Å². The average Bonchev–Trinajstić information content (AvgIpc) is 2.98. The number of hydrogen-bond acceptors (Lipinski definition) is 3. The van der Waals surface area contributed by atoms with Crippen molar-refractivity contribution in [2.45, 2.75) is 32.2 Å². The van der Waals surface area contributed by atoms with Crippen LogP contribution in [0.2, 0.25) is 0 Å². The molecule has 4 rings (SSSR count). The van der Waals surface area contributed by atoms with Crippen molar-refractivity contribution < 1.29 is 4.74 Å². The van der Waals surface area contributed by atoms with Crippen LogP contribution in [-0.4, -0.2) is 41.2 Å². The normalized spacial score (nSPS) is 22.9. The van der Waals surface area contributed by atoms with Crippen molar-refractivity contribution in [1.82, 2.24) is 14.9 Å². The Balaban J connectivity index is 1.39. The maximum absolute atomic E-state index is 5.53. The fourth-order valence-corrected chi connectivity index (χ4v) is 3.82. The first kappa shape index (κ1) is 13.3. The largest absolute Gasteiger partial charge is 0.381 e. The Hall–Kier alpha value is -1.39. The lowest BCUT2D eigenvalue weighted by atomic mass is 9.72. The molecule has 2 saturated heterocycles. The van der Waals surface area contributed by atoms with E-state index in [1.54, 1.807) is 0 Å². The van der Waals surface area contributed by atoms with E-state index in [-0.39, 0.29) is 0 Å². The van der Waals surface area contributed by atoms with Gasteiger partial charge in [-0.3, -0.25) is 4.90 Å². The van der Waals surface area contributed by atoms with E-state index in [4.69, 9.17) is 4.74 Å². The molecule has 0 bridgehead atoms. The van der Waals surface area contributed by atoms with E-state index in [2.05, 4.69) is 27.0 Å². The maximum atomic E-state index is 5.53. The molecule has 4 heteroatoms. The molecule has 2 fully saturated rings. The average molecular weight is 285 g/mol. The van der Waals surface area contributed by atoms with Crippen molar-refractivity contribution >= 4 is 11.0 Å². The van der Waals surface area contributed by atoms with Crippen LogP contribution >= 0.6 is 0 Å². The zero-order valence-electron chi connectivity index (χ0n) is 12.5. The Labute approximate surface area is 125 Å². The maximum Gasteiger partial charge on any atom is 0.137 e. The summed E-state index contributed by atoms with van der Waals surface area (Å²) in [6, 6.07) is 4.36. The number of nitrogens with one attached hydrogen (secondary N) is 1. The minimum absolute atomic E-state index is 0.581. The minimum Gasteiger partial charge on any atom is -0.381 e. The van der Waals surface area contributed by atoms with E-state index in [9.17, 15) is 0 Å². The predicted molar refractivity (Wildman–Crippen MR) is 83.1 cm³/mol. The number of aromatic nitrogens is 2. The molecule has 2 aromatic rings. The van der Waals surface area contributed by atoms with Crippen molar-refractivity contribution in [3.63, 3.8) is 0 Å². The molecule has 0 aromatic carbocycles. The SMILES string of the molecule is c1cc2cc(CN3CCC4(CCOCC4)CC3)cnc2[nH]1. The number of likely N-dealkylation sites (tertiary alicyclic amines) is 1. The standard InChI is InChI=1S/C17H23N3O/c1-6-18-16-15(1)11-14(12-19-16)13-20-7-2-17(3-8-20)4-9-21-10-5-17/h1,6,11-12H,2-5,7-10,13H2,(H,18,19). The van der Waals surface area contributed by atoms with Gasteiger partial charge in [-0.2, -0.15) is 0 Å². The molecule has 0 atom stereocenters. The molecule has 2 aromatic heterocycles. The van der Waals surface area contributed by atoms with Crippen LogP contribution in [0.1, 0.15) is 31.2 Å². The quantitative estimate of drug-likeness (QED) is 0.922. The summed E-state index contributed by atoms with van der Waals surface area (Å²) < 4.78 is 5.53. The number of piperidine rings is 1. The van der Waals surface area contributed by atoms with Crippen LogP contribution in [0.15, 0.2) is 24.5 Å². The second kappa shape index (κ2) is 5.43. The lowest BCUT2D eigenvalue weighted by Crippen LogP contribution is -2.42. The predicted octanol–water partition coefficient (Wildman–Crippen LogP) is 2.96. The van der Waals surface area contributed by atoms with Gasteiger partial charge in [0.25, 0.3) is 0 Å². The first-order chi connectivity index (χ1) is 10.3. The smallest absolute Gasteiger partial charge is 0.137 e. The Bertz CT molecular complexity index is 605. The molecule has 1 spiro atoms. The highest BCUT2D eigenvalue weighted by Gasteiger charge is 2.35. The third-order valence-corrected chi connectivity index (χ3v) is 5.33. The van der Waals surface area contributed by atoms with Gasteiger partial charge in [0.1, 0.15) is 5.65 Å². The van der Waals surface area contributed by atoms with Crippen molar-refractivity contribution in [2.75, 3.05) is 26.3 Å². The Morgan fingerprint density at radius 2 is 2.00 bits per heavy atom. The third-order valence-electron chi connectivity index (χ3n) is 5.33. The molecule has 4 heterocycles. The number of rotatable bonds is 2. The number of pyridine rings is 1.